The topological polar surface area (TPSA) is 4.93 Å². The zero-order valence-electron chi connectivity index (χ0n) is 10.4. The Morgan fingerprint density at radius 1 is 1.14 bits per heavy atom. The standard InChI is InChI=1S/C13H23N/c1-9(2)7-13-8-11(5)14(10(3)4)12(13)6/h8-10H,7H2,1-6H3. The van der Waals surface area contributed by atoms with Gasteiger partial charge in [0.15, 0.2) is 0 Å². The molecule has 1 nitrogen and oxygen atoms in total. The maximum atomic E-state index is 2.43. The first-order valence-electron chi connectivity index (χ1n) is 5.60. The number of hydrogen-bond acceptors (Lipinski definition) is 0. The van der Waals surface area contributed by atoms with Gasteiger partial charge in [-0.25, -0.2) is 0 Å². The third kappa shape index (κ3) is 2.20. The molecule has 0 aliphatic heterocycles. The summed E-state index contributed by atoms with van der Waals surface area (Å²) in [5, 5.41) is 0. The number of nitrogens with zero attached hydrogens (tertiary/aromatic N) is 1. The Bertz CT molecular complexity index is 305. The SMILES string of the molecule is Cc1cc(CC(C)C)c(C)n1C(C)C. The second kappa shape index (κ2) is 4.20. The van der Waals surface area contributed by atoms with Crippen molar-refractivity contribution in [2.75, 3.05) is 0 Å². The van der Waals surface area contributed by atoms with Crippen molar-refractivity contribution in [1.29, 1.82) is 0 Å². The van der Waals surface area contributed by atoms with Gasteiger partial charge in [0.2, 0.25) is 0 Å². The maximum absolute atomic E-state index is 2.43. The van der Waals surface area contributed by atoms with E-state index in [1.807, 2.05) is 0 Å². The van der Waals surface area contributed by atoms with Crippen LogP contribution < -0.4 is 0 Å². The van der Waals surface area contributed by atoms with Crippen LogP contribution in [0.1, 0.15) is 50.7 Å². The third-order valence-electron chi connectivity index (χ3n) is 2.73. The molecular formula is C13H23N. The van der Waals surface area contributed by atoms with Crippen LogP contribution in [0, 0.1) is 19.8 Å². The molecule has 1 aromatic rings. The Hall–Kier alpha value is -0.720. The van der Waals surface area contributed by atoms with E-state index >= 15 is 0 Å². The molecule has 0 saturated carbocycles. The molecule has 1 rings (SSSR count). The number of rotatable bonds is 3. The summed E-state index contributed by atoms with van der Waals surface area (Å²) in [5.74, 6) is 0.746. The van der Waals surface area contributed by atoms with Crippen LogP contribution in [0.5, 0.6) is 0 Å². The van der Waals surface area contributed by atoms with Crippen LogP contribution >= 0.6 is 0 Å². The molecule has 0 radical (unpaired) electrons. The Labute approximate surface area is 88.1 Å². The highest BCUT2D eigenvalue weighted by Gasteiger charge is 2.11. The van der Waals surface area contributed by atoms with Crippen molar-refractivity contribution in [3.8, 4) is 0 Å². The molecule has 1 heteroatoms. The lowest BCUT2D eigenvalue weighted by molar-refractivity contribution is 0.568. The Morgan fingerprint density at radius 2 is 1.71 bits per heavy atom. The van der Waals surface area contributed by atoms with Crippen molar-refractivity contribution >= 4 is 0 Å². The molecule has 0 spiro atoms. The second-order valence-corrected chi connectivity index (χ2v) is 4.96. The van der Waals surface area contributed by atoms with Gasteiger partial charge in [0.05, 0.1) is 0 Å². The number of hydrogen-bond donors (Lipinski definition) is 0. The first kappa shape index (κ1) is 11.4. The van der Waals surface area contributed by atoms with Gasteiger partial charge in [-0.05, 0) is 51.7 Å². The summed E-state index contributed by atoms with van der Waals surface area (Å²) in [5.41, 5.74) is 4.37. The van der Waals surface area contributed by atoms with Crippen LogP contribution in [0.25, 0.3) is 0 Å². The van der Waals surface area contributed by atoms with Gasteiger partial charge in [-0.3, -0.25) is 0 Å². The fourth-order valence-corrected chi connectivity index (χ4v) is 2.29. The Balaban J connectivity index is 3.04. The van der Waals surface area contributed by atoms with E-state index in [1.165, 1.54) is 23.4 Å². The molecule has 1 heterocycles. The smallest absolute Gasteiger partial charge is 0.0279 e. The van der Waals surface area contributed by atoms with E-state index in [-0.39, 0.29) is 0 Å². The van der Waals surface area contributed by atoms with Gasteiger partial charge in [-0.15, -0.1) is 0 Å². The monoisotopic (exact) mass is 193 g/mol. The molecule has 80 valence electrons. The molecule has 0 bridgehead atoms. The quantitative estimate of drug-likeness (QED) is 0.686. The van der Waals surface area contributed by atoms with Crippen LogP contribution in [0.15, 0.2) is 6.07 Å². The van der Waals surface area contributed by atoms with Gasteiger partial charge >= 0.3 is 0 Å². The van der Waals surface area contributed by atoms with Crippen molar-refractivity contribution < 1.29 is 0 Å². The fourth-order valence-electron chi connectivity index (χ4n) is 2.29. The molecule has 0 fully saturated rings. The zero-order chi connectivity index (χ0) is 10.9. The first-order valence-corrected chi connectivity index (χ1v) is 5.60. The minimum Gasteiger partial charge on any atom is -0.346 e. The van der Waals surface area contributed by atoms with Gasteiger partial charge in [0.25, 0.3) is 0 Å². The van der Waals surface area contributed by atoms with E-state index in [1.54, 1.807) is 0 Å². The van der Waals surface area contributed by atoms with E-state index in [0.717, 1.165) is 5.92 Å². The van der Waals surface area contributed by atoms with Crippen molar-refractivity contribution in [2.24, 2.45) is 5.92 Å². The van der Waals surface area contributed by atoms with Crippen LogP contribution in [0.3, 0.4) is 0 Å². The minimum atomic E-state index is 0.580. The Morgan fingerprint density at radius 3 is 2.07 bits per heavy atom. The number of aryl methyl sites for hydroxylation is 1. The van der Waals surface area contributed by atoms with E-state index in [2.05, 4.69) is 52.2 Å². The molecule has 0 aliphatic carbocycles. The van der Waals surface area contributed by atoms with E-state index in [0.29, 0.717) is 6.04 Å². The van der Waals surface area contributed by atoms with Crippen molar-refractivity contribution in [1.82, 2.24) is 4.57 Å². The molecule has 0 aliphatic rings. The summed E-state index contributed by atoms with van der Waals surface area (Å²) in [6.07, 6.45) is 1.20. The maximum Gasteiger partial charge on any atom is 0.0279 e. The second-order valence-electron chi connectivity index (χ2n) is 4.96. The average molecular weight is 193 g/mol. The molecule has 0 unspecified atom stereocenters. The highest BCUT2D eigenvalue weighted by molar-refractivity contribution is 5.27. The zero-order valence-corrected chi connectivity index (χ0v) is 10.4. The summed E-state index contributed by atoms with van der Waals surface area (Å²) in [4.78, 5) is 0. The van der Waals surface area contributed by atoms with Gasteiger partial charge in [0, 0.05) is 17.4 Å². The lowest BCUT2D eigenvalue weighted by Crippen LogP contribution is -2.05. The molecule has 0 N–H and O–H groups in total. The van der Waals surface area contributed by atoms with Gasteiger partial charge in [0.1, 0.15) is 0 Å². The van der Waals surface area contributed by atoms with E-state index in [4.69, 9.17) is 0 Å². The third-order valence-corrected chi connectivity index (χ3v) is 2.73. The van der Waals surface area contributed by atoms with Crippen molar-refractivity contribution in [2.45, 2.75) is 54.0 Å². The van der Waals surface area contributed by atoms with Crippen molar-refractivity contribution in [3.05, 3.63) is 23.0 Å². The highest BCUT2D eigenvalue weighted by Crippen LogP contribution is 2.22. The summed E-state index contributed by atoms with van der Waals surface area (Å²) in [6.45, 7) is 13.5. The van der Waals surface area contributed by atoms with Crippen LogP contribution in [0.2, 0.25) is 0 Å². The molecule has 14 heavy (non-hydrogen) atoms. The van der Waals surface area contributed by atoms with Crippen LogP contribution in [-0.2, 0) is 6.42 Å². The van der Waals surface area contributed by atoms with Crippen LogP contribution in [-0.4, -0.2) is 4.57 Å². The lowest BCUT2D eigenvalue weighted by Gasteiger charge is -2.14. The van der Waals surface area contributed by atoms with E-state index in [9.17, 15) is 0 Å². The summed E-state index contributed by atoms with van der Waals surface area (Å²) < 4.78 is 2.43. The summed E-state index contributed by atoms with van der Waals surface area (Å²) in [7, 11) is 0. The molecule has 0 saturated heterocycles. The molecular weight excluding hydrogens is 170 g/mol. The lowest BCUT2D eigenvalue weighted by atomic mass is 10.0. The predicted molar refractivity (Wildman–Crippen MR) is 62.8 cm³/mol. The van der Waals surface area contributed by atoms with Gasteiger partial charge in [-0.2, -0.15) is 0 Å². The average Bonchev–Trinajstić information content (AvgIpc) is 2.25. The Kier molecular flexibility index (Phi) is 3.41. The molecule has 0 aromatic carbocycles. The highest BCUT2D eigenvalue weighted by atomic mass is 15.0. The minimum absolute atomic E-state index is 0.580. The van der Waals surface area contributed by atoms with Crippen LogP contribution in [0.4, 0.5) is 0 Å². The molecule has 0 atom stereocenters. The van der Waals surface area contributed by atoms with Crippen molar-refractivity contribution in [3.63, 3.8) is 0 Å². The molecule has 1 aromatic heterocycles. The van der Waals surface area contributed by atoms with Gasteiger partial charge < -0.3 is 4.57 Å². The molecule has 0 amide bonds. The van der Waals surface area contributed by atoms with Gasteiger partial charge in [-0.1, -0.05) is 13.8 Å². The number of aromatic nitrogens is 1. The summed E-state index contributed by atoms with van der Waals surface area (Å²) in [6, 6.07) is 2.92. The first-order chi connectivity index (χ1) is 6.43. The normalized spacial score (nSPS) is 11.7. The largest absolute Gasteiger partial charge is 0.346 e. The summed E-state index contributed by atoms with van der Waals surface area (Å²) >= 11 is 0. The van der Waals surface area contributed by atoms with E-state index < -0.39 is 0 Å². The fraction of sp³-hybridized carbons (Fsp3) is 0.692. The predicted octanol–water partition coefficient (Wildman–Crippen LogP) is 3.88.